The van der Waals surface area contributed by atoms with E-state index in [1.807, 2.05) is 19.2 Å². The van der Waals surface area contributed by atoms with Crippen molar-refractivity contribution in [3.05, 3.63) is 23.8 Å². The Kier molecular flexibility index (Phi) is 3.09. The topological polar surface area (TPSA) is 37.8 Å². The summed E-state index contributed by atoms with van der Waals surface area (Å²) in [6.45, 7) is 3.10. The molecule has 0 bridgehead atoms. The van der Waals surface area contributed by atoms with Crippen molar-refractivity contribution in [1.29, 1.82) is 0 Å². The molecule has 14 heavy (non-hydrogen) atoms. The second kappa shape index (κ2) is 4.51. The van der Waals surface area contributed by atoms with Crippen molar-refractivity contribution in [3.63, 3.8) is 0 Å². The van der Waals surface area contributed by atoms with Gasteiger partial charge in [0.1, 0.15) is 5.82 Å². The highest BCUT2D eigenvalue weighted by atomic mass is 14.9. The summed E-state index contributed by atoms with van der Waals surface area (Å²) in [6, 6.07) is 2.64. The van der Waals surface area contributed by atoms with Gasteiger partial charge in [-0.15, -0.1) is 0 Å². The summed E-state index contributed by atoms with van der Waals surface area (Å²) in [4.78, 5) is 8.52. The minimum Gasteiger partial charge on any atom is -0.314 e. The average Bonchev–Trinajstić information content (AvgIpc) is 2.19. The number of hydrogen-bond donors (Lipinski definition) is 1. The highest BCUT2D eigenvalue weighted by molar-refractivity contribution is 5.04. The third-order valence-electron chi connectivity index (χ3n) is 2.70. The Morgan fingerprint density at radius 2 is 2.43 bits per heavy atom. The highest BCUT2D eigenvalue weighted by Gasteiger charge is 2.13. The number of aryl methyl sites for hydroxylation is 1. The molecule has 0 aliphatic carbocycles. The lowest BCUT2D eigenvalue weighted by atomic mass is 10.0. The third kappa shape index (κ3) is 2.51. The maximum atomic E-state index is 4.42. The van der Waals surface area contributed by atoms with Gasteiger partial charge in [0, 0.05) is 24.4 Å². The Morgan fingerprint density at radius 3 is 3.14 bits per heavy atom. The fraction of sp³-hybridized carbons (Fsp3) is 0.636. The van der Waals surface area contributed by atoms with Crippen LogP contribution in [0.2, 0.25) is 0 Å². The van der Waals surface area contributed by atoms with Crippen molar-refractivity contribution in [2.24, 2.45) is 0 Å². The van der Waals surface area contributed by atoms with Gasteiger partial charge in [-0.3, -0.25) is 0 Å². The van der Waals surface area contributed by atoms with Gasteiger partial charge in [0.25, 0.3) is 0 Å². The van der Waals surface area contributed by atoms with Crippen molar-refractivity contribution in [2.75, 3.05) is 6.54 Å². The summed E-state index contributed by atoms with van der Waals surface area (Å²) < 4.78 is 0. The molecule has 1 aromatic rings. The molecule has 1 aliphatic rings. The van der Waals surface area contributed by atoms with E-state index in [2.05, 4.69) is 15.3 Å². The summed E-state index contributed by atoms with van der Waals surface area (Å²) >= 11 is 0. The molecule has 3 heteroatoms. The van der Waals surface area contributed by atoms with E-state index >= 15 is 0 Å². The van der Waals surface area contributed by atoms with Crippen LogP contribution < -0.4 is 5.32 Å². The van der Waals surface area contributed by atoms with Crippen LogP contribution in [0.5, 0.6) is 0 Å². The molecule has 1 saturated heterocycles. The lowest BCUT2D eigenvalue weighted by Crippen LogP contribution is -2.35. The first-order chi connectivity index (χ1) is 6.84. The zero-order valence-corrected chi connectivity index (χ0v) is 8.66. The van der Waals surface area contributed by atoms with E-state index in [4.69, 9.17) is 0 Å². The molecule has 76 valence electrons. The highest BCUT2D eigenvalue weighted by Crippen LogP contribution is 2.11. The molecule has 1 aromatic heterocycles. The average molecular weight is 191 g/mol. The number of nitrogens with zero attached hydrogens (tertiary/aromatic N) is 2. The standard InChI is InChI=1S/C11H17N3/c1-9-12-7-5-11(14-9)8-10-4-2-3-6-13-10/h5,7,10,13H,2-4,6,8H2,1H3. The van der Waals surface area contributed by atoms with Crippen LogP contribution in [0.15, 0.2) is 12.3 Å². The Morgan fingerprint density at radius 1 is 1.50 bits per heavy atom. The lowest BCUT2D eigenvalue weighted by Gasteiger charge is -2.22. The second-order valence-corrected chi connectivity index (χ2v) is 3.95. The van der Waals surface area contributed by atoms with Crippen molar-refractivity contribution >= 4 is 0 Å². The van der Waals surface area contributed by atoms with Crippen LogP contribution in [0, 0.1) is 6.92 Å². The molecule has 1 N–H and O–H groups in total. The van der Waals surface area contributed by atoms with Gasteiger partial charge in [0.05, 0.1) is 0 Å². The molecule has 1 fully saturated rings. The van der Waals surface area contributed by atoms with Crippen molar-refractivity contribution in [3.8, 4) is 0 Å². The van der Waals surface area contributed by atoms with E-state index in [0.29, 0.717) is 6.04 Å². The van der Waals surface area contributed by atoms with Crippen LogP contribution in [0.4, 0.5) is 0 Å². The van der Waals surface area contributed by atoms with Crippen molar-refractivity contribution in [1.82, 2.24) is 15.3 Å². The monoisotopic (exact) mass is 191 g/mol. The number of hydrogen-bond acceptors (Lipinski definition) is 3. The fourth-order valence-corrected chi connectivity index (χ4v) is 1.97. The zero-order chi connectivity index (χ0) is 9.80. The smallest absolute Gasteiger partial charge is 0.125 e. The Labute approximate surface area is 85.0 Å². The van der Waals surface area contributed by atoms with Crippen molar-refractivity contribution in [2.45, 2.75) is 38.6 Å². The van der Waals surface area contributed by atoms with Gasteiger partial charge in [-0.05, 0) is 32.4 Å². The number of aromatic nitrogens is 2. The fourth-order valence-electron chi connectivity index (χ4n) is 1.97. The molecule has 2 rings (SSSR count). The minimum absolute atomic E-state index is 0.623. The maximum absolute atomic E-state index is 4.42. The summed E-state index contributed by atoms with van der Waals surface area (Å²) in [6.07, 6.45) is 6.84. The van der Waals surface area contributed by atoms with E-state index in [1.54, 1.807) is 0 Å². The number of rotatable bonds is 2. The van der Waals surface area contributed by atoms with E-state index in [9.17, 15) is 0 Å². The van der Waals surface area contributed by atoms with Crippen LogP contribution in [-0.2, 0) is 6.42 Å². The van der Waals surface area contributed by atoms with Crippen LogP contribution >= 0.6 is 0 Å². The van der Waals surface area contributed by atoms with Gasteiger partial charge in [0.2, 0.25) is 0 Å². The van der Waals surface area contributed by atoms with Crippen LogP contribution in [0.25, 0.3) is 0 Å². The van der Waals surface area contributed by atoms with Gasteiger partial charge in [-0.25, -0.2) is 9.97 Å². The molecular weight excluding hydrogens is 174 g/mol. The molecule has 3 nitrogen and oxygen atoms in total. The molecule has 0 spiro atoms. The quantitative estimate of drug-likeness (QED) is 0.769. The van der Waals surface area contributed by atoms with Gasteiger partial charge in [-0.1, -0.05) is 6.42 Å². The van der Waals surface area contributed by atoms with Crippen LogP contribution in [-0.4, -0.2) is 22.6 Å². The summed E-state index contributed by atoms with van der Waals surface area (Å²) in [7, 11) is 0. The van der Waals surface area contributed by atoms with Gasteiger partial charge in [0.15, 0.2) is 0 Å². The van der Waals surface area contributed by atoms with E-state index in [0.717, 1.165) is 24.5 Å². The molecule has 0 saturated carbocycles. The Bertz CT molecular complexity index is 292. The predicted octanol–water partition coefficient (Wildman–Crippen LogP) is 1.47. The Hall–Kier alpha value is -0.960. The summed E-state index contributed by atoms with van der Waals surface area (Å²) in [5.41, 5.74) is 1.16. The third-order valence-corrected chi connectivity index (χ3v) is 2.70. The molecule has 1 atom stereocenters. The minimum atomic E-state index is 0.623. The lowest BCUT2D eigenvalue weighted by molar-refractivity contribution is 0.396. The largest absolute Gasteiger partial charge is 0.314 e. The molecule has 2 heterocycles. The zero-order valence-electron chi connectivity index (χ0n) is 8.66. The first kappa shape index (κ1) is 9.59. The summed E-state index contributed by atoms with van der Waals surface area (Å²) in [5, 5.41) is 3.53. The first-order valence-corrected chi connectivity index (χ1v) is 5.36. The molecule has 0 aromatic carbocycles. The SMILES string of the molecule is Cc1nccc(CC2CCCCN2)n1. The molecule has 1 unspecified atom stereocenters. The van der Waals surface area contributed by atoms with Crippen molar-refractivity contribution < 1.29 is 0 Å². The maximum Gasteiger partial charge on any atom is 0.125 e. The van der Waals surface area contributed by atoms with Crippen LogP contribution in [0.1, 0.15) is 30.8 Å². The van der Waals surface area contributed by atoms with E-state index < -0.39 is 0 Å². The molecule has 0 radical (unpaired) electrons. The number of nitrogens with one attached hydrogen (secondary N) is 1. The second-order valence-electron chi connectivity index (χ2n) is 3.95. The first-order valence-electron chi connectivity index (χ1n) is 5.36. The summed E-state index contributed by atoms with van der Waals surface area (Å²) in [5.74, 6) is 0.873. The van der Waals surface area contributed by atoms with Gasteiger partial charge >= 0.3 is 0 Å². The van der Waals surface area contributed by atoms with Crippen LogP contribution in [0.3, 0.4) is 0 Å². The van der Waals surface area contributed by atoms with Gasteiger partial charge < -0.3 is 5.32 Å². The van der Waals surface area contributed by atoms with E-state index in [1.165, 1.54) is 19.3 Å². The van der Waals surface area contributed by atoms with E-state index in [-0.39, 0.29) is 0 Å². The molecular formula is C11H17N3. The molecule has 0 amide bonds. The molecule has 1 aliphatic heterocycles. The Balaban J connectivity index is 1.95. The normalized spacial score (nSPS) is 22.2. The predicted molar refractivity (Wildman–Crippen MR) is 56.1 cm³/mol. The number of piperidine rings is 1. The van der Waals surface area contributed by atoms with Gasteiger partial charge in [-0.2, -0.15) is 0 Å².